The first-order chi connectivity index (χ1) is 15.2. The van der Waals surface area contributed by atoms with Gasteiger partial charge in [-0.3, -0.25) is 9.59 Å². The number of nitrogens with one attached hydrogen (secondary N) is 1. The molecule has 0 radical (unpaired) electrons. The van der Waals surface area contributed by atoms with Gasteiger partial charge >= 0.3 is 12.4 Å². The van der Waals surface area contributed by atoms with Crippen molar-refractivity contribution >= 4 is 23.0 Å². The minimum atomic E-state index is -6.03. The maximum Gasteiger partial charge on any atom is 0.421 e. The number of amides is 1. The van der Waals surface area contributed by atoms with E-state index in [1.807, 2.05) is 0 Å². The van der Waals surface area contributed by atoms with Crippen LogP contribution in [0.4, 0.5) is 26.3 Å². The van der Waals surface area contributed by atoms with Gasteiger partial charge in [0.25, 0.3) is 11.4 Å². The lowest BCUT2D eigenvalue weighted by molar-refractivity contribution is -0.632. The molecule has 0 spiro atoms. The summed E-state index contributed by atoms with van der Waals surface area (Å²) in [6.07, 6.45) is -10.1. The third kappa shape index (κ3) is 4.86. The third-order valence-electron chi connectivity index (χ3n) is 5.34. The highest BCUT2D eigenvalue weighted by atomic mass is 32.1. The Bertz CT molecular complexity index is 1010. The van der Waals surface area contributed by atoms with Crippen molar-refractivity contribution in [2.45, 2.75) is 44.7 Å². The summed E-state index contributed by atoms with van der Waals surface area (Å²) in [5.41, 5.74) is -6.27. The van der Waals surface area contributed by atoms with Gasteiger partial charge in [0, 0.05) is 6.42 Å². The topological polar surface area (TPSA) is 75.9 Å². The van der Waals surface area contributed by atoms with Crippen LogP contribution >= 0.6 is 11.3 Å². The first kappa shape index (κ1) is 25.0. The van der Waals surface area contributed by atoms with Crippen molar-refractivity contribution in [1.29, 1.82) is 0 Å². The van der Waals surface area contributed by atoms with Crippen LogP contribution in [0, 0.1) is 11.3 Å². The number of rotatable bonds is 6. The van der Waals surface area contributed by atoms with Crippen molar-refractivity contribution in [2.24, 2.45) is 11.3 Å². The normalized spacial score (nSPS) is 19.3. The van der Waals surface area contributed by atoms with Crippen molar-refractivity contribution in [3.8, 4) is 0 Å². The molecule has 2 aromatic heterocycles. The summed E-state index contributed by atoms with van der Waals surface area (Å²) in [5, 5.41) is 3.64. The number of nitrogens with two attached hydrogens (primary N) is 1. The van der Waals surface area contributed by atoms with Crippen molar-refractivity contribution in [3.63, 3.8) is 0 Å². The number of halogens is 6. The molecule has 1 aliphatic carbocycles. The number of furan rings is 1. The predicted molar refractivity (Wildman–Crippen MR) is 106 cm³/mol. The summed E-state index contributed by atoms with van der Waals surface area (Å²) >= 11 is 0.683. The Labute approximate surface area is 188 Å². The van der Waals surface area contributed by atoms with E-state index in [1.54, 1.807) is 0 Å². The number of allylic oxidation sites excluding steroid dienone is 1. The molecular weight excluding hydrogens is 474 g/mol. The van der Waals surface area contributed by atoms with Gasteiger partial charge in [0.05, 0.1) is 11.1 Å². The van der Waals surface area contributed by atoms with Gasteiger partial charge in [-0.25, -0.2) is 0 Å². The van der Waals surface area contributed by atoms with Crippen molar-refractivity contribution < 1.29 is 45.7 Å². The molecule has 1 amide bonds. The van der Waals surface area contributed by atoms with Crippen LogP contribution in [-0.4, -0.2) is 29.6 Å². The summed E-state index contributed by atoms with van der Waals surface area (Å²) in [5.74, 6) is -5.26. The number of carbonyl (C=O) groups excluding carboxylic acids is 2. The maximum absolute atomic E-state index is 14.4. The number of ketones is 1. The van der Waals surface area contributed by atoms with Crippen LogP contribution in [0.25, 0.3) is 0 Å². The van der Waals surface area contributed by atoms with E-state index in [2.05, 4.69) is 0 Å². The van der Waals surface area contributed by atoms with Gasteiger partial charge < -0.3 is 15.1 Å². The molecule has 33 heavy (non-hydrogen) atoms. The standard InChI is InChI=1S/C21H20F6N2O3S/c1-18(2)9-13(28-11-12-5-3-7-32-12)16(14(30)10-18)19(20(22,23)24,21(25,26)27)29-17(31)15-6-4-8-33-15/h3-9,16,28H,10-11H2,1-2H3,(H,29,31)/p+1/t16-/m1/s1. The van der Waals surface area contributed by atoms with E-state index in [9.17, 15) is 35.9 Å². The molecule has 1 aliphatic rings. The highest BCUT2D eigenvalue weighted by Crippen LogP contribution is 2.52. The lowest BCUT2D eigenvalue weighted by atomic mass is 9.67. The monoisotopic (exact) mass is 495 g/mol. The van der Waals surface area contributed by atoms with Crippen LogP contribution < -0.4 is 10.6 Å². The molecule has 0 saturated carbocycles. The number of hydrogen-bond acceptors (Lipinski definition) is 4. The van der Waals surface area contributed by atoms with Crippen LogP contribution in [0.2, 0.25) is 0 Å². The lowest BCUT2D eigenvalue weighted by Gasteiger charge is -2.44. The molecule has 0 aliphatic heterocycles. The fraction of sp³-hybridized carbons (Fsp3) is 0.429. The zero-order valence-corrected chi connectivity index (χ0v) is 18.3. The van der Waals surface area contributed by atoms with E-state index >= 15 is 0 Å². The number of hydrogen-bond donors (Lipinski definition) is 2. The van der Waals surface area contributed by atoms with Crippen molar-refractivity contribution in [1.82, 2.24) is 5.32 Å². The van der Waals surface area contributed by atoms with E-state index in [0.717, 1.165) is 11.4 Å². The number of quaternary nitrogens is 1. The summed E-state index contributed by atoms with van der Waals surface area (Å²) in [6, 6.07) is 5.44. The van der Waals surface area contributed by atoms with Gasteiger partial charge in [0.2, 0.25) is 0 Å². The second-order valence-corrected chi connectivity index (χ2v) is 9.38. The Balaban J connectivity index is 2.16. The highest BCUT2D eigenvalue weighted by Gasteiger charge is 2.78. The number of Topliss-reactive ketones (excluding diaryl/α,β-unsaturated/α-hetero) is 1. The van der Waals surface area contributed by atoms with Crippen LogP contribution in [0.3, 0.4) is 0 Å². The average Bonchev–Trinajstić information content (AvgIpc) is 3.35. The molecule has 180 valence electrons. The summed E-state index contributed by atoms with van der Waals surface area (Å²) in [6.45, 7) is 2.94. The maximum atomic E-state index is 14.4. The first-order valence-corrected chi connectivity index (χ1v) is 10.7. The molecule has 2 aromatic rings. The van der Waals surface area contributed by atoms with Gasteiger partial charge in [0.15, 0.2) is 5.76 Å². The largest absolute Gasteiger partial charge is 0.463 e. The van der Waals surface area contributed by atoms with Gasteiger partial charge in [-0.15, -0.1) is 11.3 Å². The Morgan fingerprint density at radius 2 is 1.85 bits per heavy atom. The Morgan fingerprint density at radius 1 is 1.18 bits per heavy atom. The van der Waals surface area contributed by atoms with E-state index in [1.165, 1.54) is 55.1 Å². The fourth-order valence-electron chi connectivity index (χ4n) is 3.99. The van der Waals surface area contributed by atoms with Crippen LogP contribution in [0.5, 0.6) is 0 Å². The Kier molecular flexibility index (Phi) is 6.55. The minimum absolute atomic E-state index is 0.136. The third-order valence-corrected chi connectivity index (χ3v) is 6.21. The first-order valence-electron chi connectivity index (χ1n) is 9.78. The molecule has 0 aromatic carbocycles. The van der Waals surface area contributed by atoms with Crippen LogP contribution in [-0.2, 0) is 11.3 Å². The highest BCUT2D eigenvalue weighted by molar-refractivity contribution is 7.12. The molecule has 0 fully saturated rings. The lowest BCUT2D eigenvalue weighted by Crippen LogP contribution is -2.86. The molecule has 0 saturated heterocycles. The second kappa shape index (κ2) is 8.64. The van der Waals surface area contributed by atoms with Crippen LogP contribution in [0.1, 0.15) is 35.7 Å². The zero-order valence-electron chi connectivity index (χ0n) is 17.5. The van der Waals surface area contributed by atoms with E-state index in [4.69, 9.17) is 4.42 Å². The number of carbonyl (C=O) groups is 2. The molecule has 0 bridgehead atoms. The molecule has 0 unspecified atom stereocenters. The van der Waals surface area contributed by atoms with Gasteiger partial charge in [-0.05, 0) is 35.1 Å². The zero-order chi connectivity index (χ0) is 24.7. The van der Waals surface area contributed by atoms with Gasteiger partial charge in [0.1, 0.15) is 23.9 Å². The van der Waals surface area contributed by atoms with Crippen LogP contribution in [0.15, 0.2) is 52.1 Å². The Hall–Kier alpha value is -2.60. The summed E-state index contributed by atoms with van der Waals surface area (Å²) in [7, 11) is 0. The SMILES string of the molecule is CC1(C)C=C([NH2+]Cc2ccco2)[C@@H](C(NC(=O)c2cccs2)(C(F)(F)F)C(F)(F)F)C(=O)C1. The number of thiophene rings is 1. The Morgan fingerprint density at radius 3 is 2.36 bits per heavy atom. The van der Waals surface area contributed by atoms with Gasteiger partial charge in [-0.1, -0.05) is 19.9 Å². The van der Waals surface area contributed by atoms with E-state index in [-0.39, 0.29) is 17.2 Å². The number of alkyl halides is 6. The smallest absolute Gasteiger partial charge is 0.421 e. The summed E-state index contributed by atoms with van der Waals surface area (Å²) in [4.78, 5) is 25.1. The molecule has 1 atom stereocenters. The molecule has 12 heteroatoms. The fourth-order valence-corrected chi connectivity index (χ4v) is 4.61. The predicted octanol–water partition coefficient (Wildman–Crippen LogP) is 4.20. The van der Waals surface area contributed by atoms with Crippen molar-refractivity contribution in [3.05, 3.63) is 58.3 Å². The molecule has 5 nitrogen and oxygen atoms in total. The van der Waals surface area contributed by atoms with E-state index < -0.39 is 53.0 Å². The average molecular weight is 495 g/mol. The van der Waals surface area contributed by atoms with Gasteiger partial charge in [-0.2, -0.15) is 26.3 Å². The van der Waals surface area contributed by atoms with E-state index in [0.29, 0.717) is 11.3 Å². The second-order valence-electron chi connectivity index (χ2n) is 8.43. The quantitative estimate of drug-likeness (QED) is 0.590. The van der Waals surface area contributed by atoms with Crippen molar-refractivity contribution in [2.75, 3.05) is 0 Å². The minimum Gasteiger partial charge on any atom is -0.463 e. The molecule has 3 rings (SSSR count). The summed E-state index contributed by atoms with van der Waals surface area (Å²) < 4.78 is 91.3. The molecule has 2 heterocycles. The molecule has 3 N–H and O–H groups in total. The molecular formula is C21H21F6N2O3S+.